The van der Waals surface area contributed by atoms with Gasteiger partial charge in [0.25, 0.3) is 13.4 Å². The molecule has 0 saturated heterocycles. The van der Waals surface area contributed by atoms with E-state index in [2.05, 4.69) is 218 Å². The summed E-state index contributed by atoms with van der Waals surface area (Å²) in [6, 6.07) is 64.6. The van der Waals surface area contributed by atoms with Crippen LogP contribution >= 0.6 is 0 Å². The zero-order chi connectivity index (χ0) is 41.1. The van der Waals surface area contributed by atoms with Gasteiger partial charge in [0.15, 0.2) is 0 Å². The maximum atomic E-state index is 2.50. The van der Waals surface area contributed by atoms with E-state index in [1.165, 1.54) is 132 Å². The highest BCUT2D eigenvalue weighted by molar-refractivity contribution is 7.03. The lowest BCUT2D eigenvalue weighted by Crippen LogP contribution is -2.62. The van der Waals surface area contributed by atoms with Crippen molar-refractivity contribution in [1.82, 2.24) is 0 Å². The standard InChI is InChI=1S/C56H40B2N4/c1-59-45-18-11-19-46-55(45)58(53-41-17-10-9-12-33(41)22-24-47(53)59)54-42-26-39(21-20-34(42)23-25-48(54)60(46)2)40-31-51-56-52(32-40)62(4)50-30-38-16-8-6-14-36(38)28-44(50)57(56)43-27-35-13-5-7-15-37(35)29-49(43)61(51)3/h5-32H,1-4H3. The summed E-state index contributed by atoms with van der Waals surface area (Å²) in [6.45, 7) is 0.178. The van der Waals surface area contributed by atoms with Gasteiger partial charge in [-0.3, -0.25) is 0 Å². The molecule has 0 saturated carbocycles. The number of rotatable bonds is 1. The van der Waals surface area contributed by atoms with E-state index in [1.54, 1.807) is 0 Å². The Kier molecular flexibility index (Phi) is 6.70. The molecular weight excluding hydrogens is 750 g/mol. The Labute approximate surface area is 362 Å². The Hall–Kier alpha value is -7.43. The van der Waals surface area contributed by atoms with Crippen LogP contribution < -0.4 is 52.4 Å². The largest absolute Gasteiger partial charge is 0.345 e. The second-order valence-corrected chi connectivity index (χ2v) is 17.9. The van der Waals surface area contributed by atoms with Crippen LogP contribution in [0.15, 0.2) is 170 Å². The average molecular weight is 791 g/mol. The van der Waals surface area contributed by atoms with Crippen LogP contribution in [-0.4, -0.2) is 41.6 Å². The monoisotopic (exact) mass is 790 g/mol. The number of nitrogens with zero attached hydrogens (tertiary/aromatic N) is 4. The first-order valence-corrected chi connectivity index (χ1v) is 21.8. The molecule has 0 bridgehead atoms. The fourth-order valence-electron chi connectivity index (χ4n) is 12.0. The first kappa shape index (κ1) is 34.3. The van der Waals surface area contributed by atoms with E-state index >= 15 is 0 Å². The number of fused-ring (bicyclic) bond motifs is 14. The predicted octanol–water partition coefficient (Wildman–Crippen LogP) is 9.32. The summed E-state index contributed by atoms with van der Waals surface area (Å²) in [5, 5.41) is 10.3. The molecule has 14 rings (SSSR count). The van der Waals surface area contributed by atoms with Crippen molar-refractivity contribution in [2.75, 3.05) is 47.8 Å². The van der Waals surface area contributed by atoms with Crippen molar-refractivity contribution in [2.24, 2.45) is 0 Å². The topological polar surface area (TPSA) is 13.0 Å². The summed E-state index contributed by atoms with van der Waals surface area (Å²) < 4.78 is 0. The second-order valence-electron chi connectivity index (χ2n) is 17.9. The lowest BCUT2D eigenvalue weighted by Gasteiger charge is -2.43. The van der Waals surface area contributed by atoms with E-state index in [-0.39, 0.29) is 13.4 Å². The van der Waals surface area contributed by atoms with Gasteiger partial charge in [0, 0.05) is 73.7 Å². The van der Waals surface area contributed by atoms with Crippen LogP contribution in [-0.2, 0) is 0 Å². The van der Waals surface area contributed by atoms with Gasteiger partial charge in [-0.25, -0.2) is 0 Å². The molecule has 0 amide bonds. The molecule has 6 heteroatoms. The van der Waals surface area contributed by atoms with Crippen molar-refractivity contribution in [1.29, 1.82) is 0 Å². The molecule has 0 fully saturated rings. The number of hydrogen-bond acceptors (Lipinski definition) is 4. The van der Waals surface area contributed by atoms with Gasteiger partial charge in [-0.1, -0.05) is 115 Å². The smallest absolute Gasteiger partial charge is 0.253 e. The van der Waals surface area contributed by atoms with Crippen LogP contribution in [0.2, 0.25) is 0 Å². The fraction of sp³-hybridized carbons (Fsp3) is 0.0714. The molecule has 62 heavy (non-hydrogen) atoms. The summed E-state index contributed by atoms with van der Waals surface area (Å²) in [4.78, 5) is 9.75. The molecule has 0 N–H and O–H groups in total. The SMILES string of the molecule is CN1c2cc3ccccc3cc2B2c3cc4ccccc4cc3N(C)c3cc(-c4ccc5ccc6c(c5c4)B4c5c(cccc5N6C)N(C)c5ccc6ccccc6c54)cc1c32. The third kappa shape index (κ3) is 4.38. The summed E-state index contributed by atoms with van der Waals surface area (Å²) in [5.41, 5.74) is 20.9. The average Bonchev–Trinajstić information content (AvgIpc) is 3.32. The summed E-state index contributed by atoms with van der Waals surface area (Å²) in [7, 11) is 9.02. The van der Waals surface area contributed by atoms with E-state index in [4.69, 9.17) is 0 Å². The van der Waals surface area contributed by atoms with Crippen LogP contribution in [0.5, 0.6) is 0 Å². The highest BCUT2D eigenvalue weighted by Crippen LogP contribution is 2.43. The molecule has 290 valence electrons. The Morgan fingerprint density at radius 3 is 1.29 bits per heavy atom. The first-order valence-electron chi connectivity index (χ1n) is 21.8. The third-order valence-corrected chi connectivity index (χ3v) is 15.0. The molecule has 0 atom stereocenters. The van der Waals surface area contributed by atoms with Crippen molar-refractivity contribution in [2.45, 2.75) is 0 Å². The van der Waals surface area contributed by atoms with Gasteiger partial charge in [0.1, 0.15) is 0 Å². The van der Waals surface area contributed by atoms with Crippen molar-refractivity contribution in [3.8, 4) is 11.1 Å². The minimum absolute atomic E-state index is 0.0732. The minimum atomic E-state index is 0.0732. The Morgan fingerprint density at radius 2 is 0.710 bits per heavy atom. The van der Waals surface area contributed by atoms with Gasteiger partial charge in [-0.2, -0.15) is 0 Å². The summed E-state index contributed by atoms with van der Waals surface area (Å²) in [5.74, 6) is 0. The molecule has 0 spiro atoms. The molecule has 4 nitrogen and oxygen atoms in total. The van der Waals surface area contributed by atoms with Gasteiger partial charge in [-0.05, 0) is 142 Å². The molecule has 0 aromatic heterocycles. The molecule has 10 aromatic carbocycles. The summed E-state index contributed by atoms with van der Waals surface area (Å²) >= 11 is 0. The molecule has 0 radical (unpaired) electrons. The lowest BCUT2D eigenvalue weighted by atomic mass is 9.32. The van der Waals surface area contributed by atoms with Crippen molar-refractivity contribution in [3.63, 3.8) is 0 Å². The van der Waals surface area contributed by atoms with Gasteiger partial charge >= 0.3 is 0 Å². The molecule has 4 aliphatic rings. The third-order valence-electron chi connectivity index (χ3n) is 15.0. The predicted molar refractivity (Wildman–Crippen MR) is 269 cm³/mol. The Balaban J connectivity index is 1.02. The van der Waals surface area contributed by atoms with Crippen molar-refractivity contribution < 1.29 is 0 Å². The van der Waals surface area contributed by atoms with Crippen LogP contribution in [0.3, 0.4) is 0 Å². The number of hydrogen-bond donors (Lipinski definition) is 0. The molecule has 10 aromatic rings. The maximum absolute atomic E-state index is 2.50. The van der Waals surface area contributed by atoms with Gasteiger partial charge in [-0.15, -0.1) is 0 Å². The van der Waals surface area contributed by atoms with Crippen LogP contribution in [0.4, 0.5) is 45.5 Å². The maximum Gasteiger partial charge on any atom is 0.253 e. The Bertz CT molecular complexity index is 3520. The minimum Gasteiger partial charge on any atom is -0.345 e. The number of benzene rings is 10. The summed E-state index contributed by atoms with van der Waals surface area (Å²) in [6.07, 6.45) is 0. The molecule has 0 unspecified atom stereocenters. The molecule has 4 aliphatic heterocycles. The molecular formula is C56H40B2N4. The van der Waals surface area contributed by atoms with Gasteiger partial charge in [0.2, 0.25) is 0 Å². The van der Waals surface area contributed by atoms with Crippen LogP contribution in [0, 0.1) is 0 Å². The van der Waals surface area contributed by atoms with Crippen LogP contribution in [0.1, 0.15) is 0 Å². The fourth-order valence-corrected chi connectivity index (χ4v) is 12.0. The highest BCUT2D eigenvalue weighted by atomic mass is 15.2. The van der Waals surface area contributed by atoms with Crippen molar-refractivity contribution >= 4 is 135 Å². The quantitative estimate of drug-likeness (QED) is 0.154. The highest BCUT2D eigenvalue weighted by Gasteiger charge is 2.44. The molecule has 0 aliphatic carbocycles. The Morgan fingerprint density at radius 1 is 0.274 bits per heavy atom. The lowest BCUT2D eigenvalue weighted by molar-refractivity contribution is 1.18. The molecule has 4 heterocycles. The zero-order valence-corrected chi connectivity index (χ0v) is 35.1. The van der Waals surface area contributed by atoms with E-state index < -0.39 is 0 Å². The second kappa shape index (κ2) is 12.1. The van der Waals surface area contributed by atoms with Crippen LogP contribution in [0.25, 0.3) is 54.2 Å². The first-order chi connectivity index (χ1) is 30.4. The zero-order valence-electron chi connectivity index (χ0n) is 35.1. The van der Waals surface area contributed by atoms with Gasteiger partial charge in [0.05, 0.1) is 0 Å². The number of anilines is 8. The normalized spacial score (nSPS) is 14.3. The van der Waals surface area contributed by atoms with E-state index in [9.17, 15) is 0 Å². The van der Waals surface area contributed by atoms with Gasteiger partial charge < -0.3 is 19.6 Å². The van der Waals surface area contributed by atoms with E-state index in [1.807, 2.05) is 0 Å². The van der Waals surface area contributed by atoms with E-state index in [0.29, 0.717) is 0 Å². The van der Waals surface area contributed by atoms with Crippen molar-refractivity contribution in [3.05, 3.63) is 170 Å². The van der Waals surface area contributed by atoms with E-state index in [0.717, 1.165) is 0 Å².